The molecular weight excluding hydrogens is 562 g/mol. The number of hydrogen-bond acceptors (Lipinski definition) is 7. The maximum atomic E-state index is 13.1. The number of aromatic nitrogens is 2. The number of carbonyl (C=O) groups excluding carboxylic acids is 1. The maximum absolute atomic E-state index is 13.1. The average Bonchev–Trinajstić information content (AvgIpc) is 3.37. The Kier molecular flexibility index (Phi) is 8.75. The number of aliphatic hydroxyl groups is 1. The molecule has 1 aliphatic rings. The molecule has 0 fully saturated rings. The number of hydrogen-bond donors (Lipinski definition) is 3. The normalized spacial score (nSPS) is 12.4. The van der Waals surface area contributed by atoms with Gasteiger partial charge in [0.2, 0.25) is 0 Å². The van der Waals surface area contributed by atoms with Crippen LogP contribution in [0.15, 0.2) is 60.8 Å². The highest BCUT2D eigenvalue weighted by molar-refractivity contribution is 7.20. The second kappa shape index (κ2) is 12.5. The molecule has 3 heterocycles. The highest BCUT2D eigenvalue weighted by atomic mass is 32.1. The molecule has 1 aliphatic heterocycles. The van der Waals surface area contributed by atoms with Gasteiger partial charge < -0.3 is 20.3 Å². The van der Waals surface area contributed by atoms with Crippen molar-refractivity contribution in [3.63, 3.8) is 0 Å². The fraction of sp³-hybridized carbons (Fsp3) is 0.294. The Balaban J connectivity index is 0.000000682. The van der Waals surface area contributed by atoms with E-state index in [1.54, 1.807) is 27.0 Å². The number of benzene rings is 3. The molecule has 9 heteroatoms. The van der Waals surface area contributed by atoms with E-state index >= 15 is 0 Å². The molecule has 0 saturated heterocycles. The van der Waals surface area contributed by atoms with Gasteiger partial charge in [0.1, 0.15) is 5.75 Å². The second-order valence-corrected chi connectivity index (χ2v) is 12.5. The maximum Gasteiger partial charge on any atom is 0.307 e. The number of aryl methyl sites for hydroxylation is 1. The minimum Gasteiger partial charge on any atom is -0.493 e. The Morgan fingerprint density at radius 2 is 1.84 bits per heavy atom. The third kappa shape index (κ3) is 7.01. The van der Waals surface area contributed by atoms with Crippen molar-refractivity contribution in [1.82, 2.24) is 15.3 Å². The molecule has 0 atom stereocenters. The summed E-state index contributed by atoms with van der Waals surface area (Å²) in [7, 11) is 0. The molecule has 2 aromatic heterocycles. The van der Waals surface area contributed by atoms with E-state index in [1.165, 1.54) is 11.3 Å². The van der Waals surface area contributed by atoms with Crippen LogP contribution in [0, 0.1) is 6.92 Å². The Labute approximate surface area is 254 Å². The predicted molar refractivity (Wildman–Crippen MR) is 170 cm³/mol. The van der Waals surface area contributed by atoms with Crippen molar-refractivity contribution in [2.24, 2.45) is 0 Å². The number of fused-ring (bicyclic) bond motifs is 1. The molecule has 0 spiro atoms. The van der Waals surface area contributed by atoms with Crippen LogP contribution >= 0.6 is 11.3 Å². The molecule has 0 bridgehead atoms. The van der Waals surface area contributed by atoms with Crippen molar-refractivity contribution in [1.29, 1.82) is 0 Å². The molecule has 0 aliphatic carbocycles. The number of ether oxygens (including phenoxy) is 1. The average molecular weight is 598 g/mol. The molecule has 3 N–H and O–H groups in total. The van der Waals surface area contributed by atoms with Gasteiger partial charge in [0.25, 0.3) is 5.91 Å². The van der Waals surface area contributed by atoms with Gasteiger partial charge in [-0.3, -0.25) is 14.6 Å². The summed E-state index contributed by atoms with van der Waals surface area (Å²) in [5.74, 6) is -0.380. The Morgan fingerprint density at radius 3 is 2.56 bits per heavy atom. The van der Waals surface area contributed by atoms with Crippen molar-refractivity contribution in [2.45, 2.75) is 52.6 Å². The van der Waals surface area contributed by atoms with Crippen LogP contribution in [0.4, 0.5) is 0 Å². The van der Waals surface area contributed by atoms with E-state index in [4.69, 9.17) is 14.8 Å². The first-order chi connectivity index (χ1) is 20.5. The van der Waals surface area contributed by atoms with Crippen molar-refractivity contribution in [2.75, 3.05) is 13.2 Å². The van der Waals surface area contributed by atoms with E-state index in [2.05, 4.69) is 10.3 Å². The van der Waals surface area contributed by atoms with Crippen LogP contribution in [0.2, 0.25) is 0 Å². The summed E-state index contributed by atoms with van der Waals surface area (Å²) in [6.07, 6.45) is 3.15. The van der Waals surface area contributed by atoms with Crippen molar-refractivity contribution >= 4 is 44.3 Å². The van der Waals surface area contributed by atoms with Crippen molar-refractivity contribution in [3.8, 4) is 16.9 Å². The van der Waals surface area contributed by atoms with Crippen LogP contribution in [0.3, 0.4) is 0 Å². The minimum atomic E-state index is -0.920. The van der Waals surface area contributed by atoms with Gasteiger partial charge in [-0.05, 0) is 80.6 Å². The van der Waals surface area contributed by atoms with Crippen LogP contribution in [-0.2, 0) is 24.1 Å². The van der Waals surface area contributed by atoms with Crippen LogP contribution in [-0.4, -0.2) is 50.8 Å². The fourth-order valence-electron chi connectivity index (χ4n) is 5.14. The van der Waals surface area contributed by atoms with E-state index in [-0.39, 0.29) is 12.3 Å². The van der Waals surface area contributed by atoms with Gasteiger partial charge in [0.05, 0.1) is 34.4 Å². The number of nitrogens with one attached hydrogen (secondary N) is 1. The lowest BCUT2D eigenvalue weighted by atomic mass is 9.90. The molecule has 3 aromatic carbocycles. The summed E-state index contributed by atoms with van der Waals surface area (Å²) >= 11 is 1.28. The summed E-state index contributed by atoms with van der Waals surface area (Å²) in [6.45, 7) is 8.23. The molecule has 8 nitrogen and oxygen atoms in total. The zero-order valence-corrected chi connectivity index (χ0v) is 25.5. The van der Waals surface area contributed by atoms with Gasteiger partial charge in [-0.2, -0.15) is 0 Å². The first-order valence-corrected chi connectivity index (χ1v) is 15.0. The number of pyridine rings is 1. The first-order valence-electron chi connectivity index (χ1n) is 14.2. The lowest BCUT2D eigenvalue weighted by Gasteiger charge is -2.21. The molecule has 43 heavy (non-hydrogen) atoms. The summed E-state index contributed by atoms with van der Waals surface area (Å²) in [5.41, 5.74) is 6.34. The summed E-state index contributed by atoms with van der Waals surface area (Å²) in [4.78, 5) is 34.3. The first kappa shape index (κ1) is 30.1. The highest BCUT2D eigenvalue weighted by Gasteiger charge is 2.24. The van der Waals surface area contributed by atoms with Gasteiger partial charge in [-0.1, -0.05) is 30.3 Å². The van der Waals surface area contributed by atoms with E-state index in [0.29, 0.717) is 29.2 Å². The number of thiazole rings is 1. The second-order valence-electron chi connectivity index (χ2n) is 11.6. The molecule has 0 saturated carbocycles. The van der Waals surface area contributed by atoms with Crippen LogP contribution in [0.5, 0.6) is 5.75 Å². The van der Waals surface area contributed by atoms with Crippen molar-refractivity contribution < 1.29 is 24.5 Å². The molecule has 5 aromatic rings. The van der Waals surface area contributed by atoms with E-state index < -0.39 is 11.6 Å². The Hall–Kier alpha value is -4.34. The largest absolute Gasteiger partial charge is 0.493 e. The molecule has 1 amide bonds. The molecule has 6 rings (SSSR count). The predicted octanol–water partition coefficient (Wildman–Crippen LogP) is 6.13. The smallest absolute Gasteiger partial charge is 0.307 e. The summed E-state index contributed by atoms with van der Waals surface area (Å²) in [6, 6.07) is 17.7. The number of nitrogens with zero attached hydrogens (tertiary/aromatic N) is 2. The number of aliphatic carboxylic acids is 1. The lowest BCUT2D eigenvalue weighted by molar-refractivity contribution is -0.136. The summed E-state index contributed by atoms with van der Waals surface area (Å²) < 4.78 is 6.68. The Morgan fingerprint density at radius 1 is 1.09 bits per heavy atom. The van der Waals surface area contributed by atoms with Gasteiger partial charge in [0, 0.05) is 35.7 Å². The van der Waals surface area contributed by atoms with Crippen molar-refractivity contribution in [3.05, 3.63) is 88.1 Å². The third-order valence-corrected chi connectivity index (χ3v) is 8.00. The molecule has 0 unspecified atom stereocenters. The zero-order chi connectivity index (χ0) is 30.7. The highest BCUT2D eigenvalue weighted by Crippen LogP contribution is 2.43. The van der Waals surface area contributed by atoms with Gasteiger partial charge in [-0.25, -0.2) is 4.98 Å². The minimum absolute atomic E-state index is 0.146. The third-order valence-electron chi connectivity index (χ3n) is 6.91. The fourth-order valence-corrected chi connectivity index (χ4v) is 6.19. The van der Waals surface area contributed by atoms with E-state index in [0.717, 1.165) is 62.0 Å². The number of carbonyl (C=O) groups is 2. The van der Waals surface area contributed by atoms with E-state index in [9.17, 15) is 14.7 Å². The molecular formula is C34H35N3O5S. The SMILES string of the molecule is CC(C)(C)O.Cc1cc2nc(C(=O)NCCc3ccccc3)sc2c(-c2ccc3c4c(ccnc24)CCO3)c1CC(=O)O. The van der Waals surface area contributed by atoms with Gasteiger partial charge in [-0.15, -0.1) is 11.3 Å². The number of amides is 1. The van der Waals surface area contributed by atoms with Crippen LogP contribution in [0.1, 0.15) is 52.8 Å². The quantitative estimate of drug-likeness (QED) is 0.206. The molecule has 222 valence electrons. The topological polar surface area (TPSA) is 122 Å². The standard InChI is InChI=1S/C30H25N3O4S.C4H10O/c1-17-15-22-28(38-30(33-22)29(36)32-12-9-18-5-3-2-4-6-18)26(21(17)16-24(34)35)20-7-8-23-25-19(11-14-37-23)10-13-31-27(20)25;1-4(2,3)5/h2-8,10,13,15H,9,11-12,14,16H2,1H3,(H,32,36)(H,34,35);5H,1-3H3. The number of carboxylic acids is 1. The summed E-state index contributed by atoms with van der Waals surface area (Å²) in [5, 5.41) is 22.6. The van der Waals surface area contributed by atoms with Crippen LogP contribution in [0.25, 0.3) is 32.2 Å². The number of carboxylic acid groups (broad SMARTS) is 1. The monoisotopic (exact) mass is 597 g/mol. The lowest BCUT2D eigenvalue weighted by Crippen LogP contribution is -2.25. The Bertz CT molecular complexity index is 1790. The van der Waals surface area contributed by atoms with Gasteiger partial charge >= 0.3 is 5.97 Å². The zero-order valence-electron chi connectivity index (χ0n) is 24.7. The van der Waals surface area contributed by atoms with Crippen LogP contribution < -0.4 is 10.1 Å². The number of rotatable bonds is 7. The van der Waals surface area contributed by atoms with E-state index in [1.807, 2.05) is 61.5 Å². The van der Waals surface area contributed by atoms with Gasteiger partial charge in [0.15, 0.2) is 5.01 Å². The molecule has 0 radical (unpaired) electrons.